The zero-order valence-electron chi connectivity index (χ0n) is 18.9. The van der Waals surface area contributed by atoms with E-state index < -0.39 is 5.54 Å². The number of carbonyl (C=O) groups is 1. The van der Waals surface area contributed by atoms with E-state index in [0.29, 0.717) is 17.7 Å². The Kier molecular flexibility index (Phi) is 6.22. The van der Waals surface area contributed by atoms with Crippen LogP contribution in [0.5, 0.6) is 0 Å². The molecule has 1 N–H and O–H groups in total. The molecule has 0 saturated heterocycles. The normalized spacial score (nSPS) is 12.8. The summed E-state index contributed by atoms with van der Waals surface area (Å²) in [6, 6.07) is 30.1. The molecule has 0 aliphatic heterocycles. The first-order chi connectivity index (χ1) is 15.6. The van der Waals surface area contributed by atoms with Gasteiger partial charge in [-0.3, -0.25) is 4.79 Å². The molecule has 4 rings (SSSR count). The van der Waals surface area contributed by atoms with Crippen molar-refractivity contribution in [2.75, 3.05) is 0 Å². The van der Waals surface area contributed by atoms with Crippen LogP contribution in [0.15, 0.2) is 91.0 Å². The van der Waals surface area contributed by atoms with Gasteiger partial charge in [-0.05, 0) is 37.5 Å². The minimum atomic E-state index is -0.480. The Bertz CT molecular complexity index is 1180. The fourth-order valence-corrected chi connectivity index (χ4v) is 4.08. The lowest BCUT2D eigenvalue weighted by Gasteiger charge is -2.30. The average molecular weight is 424 g/mol. The number of nitrogens with one attached hydrogen (secondary N) is 1. The summed E-state index contributed by atoms with van der Waals surface area (Å²) < 4.78 is 1.91. The van der Waals surface area contributed by atoms with Crippen LogP contribution in [0.2, 0.25) is 0 Å². The number of hydrogen-bond donors (Lipinski definition) is 1. The molecule has 0 aliphatic carbocycles. The van der Waals surface area contributed by atoms with E-state index in [-0.39, 0.29) is 5.91 Å². The number of rotatable bonds is 7. The first-order valence-corrected chi connectivity index (χ1v) is 11.2. The Hall–Kier alpha value is -3.66. The molecule has 0 bridgehead atoms. The van der Waals surface area contributed by atoms with Crippen LogP contribution in [-0.4, -0.2) is 15.7 Å². The van der Waals surface area contributed by atoms with Crippen molar-refractivity contribution < 1.29 is 4.79 Å². The number of aromatic nitrogens is 2. The quantitative estimate of drug-likeness (QED) is 0.387. The second kappa shape index (κ2) is 9.23. The summed E-state index contributed by atoms with van der Waals surface area (Å²) in [5, 5.41) is 8.26. The Morgan fingerprint density at radius 3 is 2.00 bits per heavy atom. The van der Waals surface area contributed by atoms with E-state index in [0.717, 1.165) is 28.9 Å². The third-order valence-corrected chi connectivity index (χ3v) is 6.10. The lowest BCUT2D eigenvalue weighted by Crippen LogP contribution is -2.43. The number of hydrogen-bond acceptors (Lipinski definition) is 2. The highest BCUT2D eigenvalue weighted by Crippen LogP contribution is 2.31. The molecule has 1 unspecified atom stereocenters. The highest BCUT2D eigenvalue weighted by atomic mass is 16.1. The lowest BCUT2D eigenvalue weighted by molar-refractivity contribution is 0.0901. The van der Waals surface area contributed by atoms with Gasteiger partial charge < -0.3 is 5.32 Å². The second-order valence-electron chi connectivity index (χ2n) is 8.14. The van der Waals surface area contributed by atoms with Gasteiger partial charge in [0.1, 0.15) is 5.69 Å². The van der Waals surface area contributed by atoms with Crippen molar-refractivity contribution in [3.63, 3.8) is 0 Å². The molecule has 162 valence electrons. The minimum absolute atomic E-state index is 0.101. The molecule has 3 aromatic carbocycles. The number of para-hydroxylation sites is 1. The Morgan fingerprint density at radius 1 is 0.875 bits per heavy atom. The van der Waals surface area contributed by atoms with Crippen molar-refractivity contribution in [1.82, 2.24) is 15.1 Å². The Balaban J connectivity index is 1.85. The predicted octanol–water partition coefficient (Wildman–Crippen LogP) is 6.16. The molecule has 4 heteroatoms. The van der Waals surface area contributed by atoms with Gasteiger partial charge in [-0.15, -0.1) is 0 Å². The molecular formula is C28H29N3O. The van der Waals surface area contributed by atoms with E-state index in [1.807, 2.05) is 83.5 Å². The van der Waals surface area contributed by atoms with E-state index in [2.05, 4.69) is 38.2 Å². The SMILES string of the molecule is CCc1c(C(=O)NC(C)(CC)c2ccccc2)c(-c2ccccc2)nn1-c1ccccc1. The van der Waals surface area contributed by atoms with Gasteiger partial charge in [0.25, 0.3) is 5.91 Å². The van der Waals surface area contributed by atoms with Crippen LogP contribution in [0.25, 0.3) is 16.9 Å². The molecule has 0 fully saturated rings. The zero-order chi connectivity index (χ0) is 22.6. The lowest BCUT2D eigenvalue weighted by atomic mass is 9.88. The molecule has 1 atom stereocenters. The standard InChI is InChI=1S/C28H29N3O/c1-4-24-25(27(32)29-28(3,5-2)22-17-11-7-12-18-22)26(21-15-9-6-10-16-21)30-31(24)23-19-13-8-14-20-23/h6-20H,4-5H2,1-3H3,(H,29,32). The van der Waals surface area contributed by atoms with Crippen molar-refractivity contribution in [2.24, 2.45) is 0 Å². The monoisotopic (exact) mass is 423 g/mol. The van der Waals surface area contributed by atoms with E-state index in [1.165, 1.54) is 0 Å². The molecular weight excluding hydrogens is 394 g/mol. The third kappa shape index (κ3) is 4.09. The van der Waals surface area contributed by atoms with Gasteiger partial charge in [-0.2, -0.15) is 5.10 Å². The van der Waals surface area contributed by atoms with Gasteiger partial charge in [0, 0.05) is 5.56 Å². The van der Waals surface area contributed by atoms with Crippen molar-refractivity contribution in [2.45, 2.75) is 39.2 Å². The highest BCUT2D eigenvalue weighted by molar-refractivity contribution is 6.01. The summed E-state index contributed by atoms with van der Waals surface area (Å²) >= 11 is 0. The molecule has 0 saturated carbocycles. The van der Waals surface area contributed by atoms with E-state index >= 15 is 0 Å². The van der Waals surface area contributed by atoms with Crippen LogP contribution in [0.1, 0.15) is 48.8 Å². The summed E-state index contributed by atoms with van der Waals surface area (Å²) in [4.78, 5) is 13.8. The maximum atomic E-state index is 13.8. The molecule has 4 nitrogen and oxygen atoms in total. The second-order valence-corrected chi connectivity index (χ2v) is 8.14. The fraction of sp³-hybridized carbons (Fsp3) is 0.214. The summed E-state index contributed by atoms with van der Waals surface area (Å²) in [6.07, 6.45) is 1.46. The van der Waals surface area contributed by atoms with E-state index in [4.69, 9.17) is 5.10 Å². The third-order valence-electron chi connectivity index (χ3n) is 6.10. The summed E-state index contributed by atoms with van der Waals surface area (Å²) in [5.41, 5.74) is 4.73. The minimum Gasteiger partial charge on any atom is -0.343 e. The summed E-state index contributed by atoms with van der Waals surface area (Å²) in [7, 11) is 0. The maximum Gasteiger partial charge on any atom is 0.256 e. The molecule has 1 amide bonds. The fourth-order valence-electron chi connectivity index (χ4n) is 4.08. The van der Waals surface area contributed by atoms with Gasteiger partial charge in [-0.1, -0.05) is 92.7 Å². The van der Waals surface area contributed by atoms with Crippen molar-refractivity contribution >= 4 is 5.91 Å². The van der Waals surface area contributed by atoms with Crippen LogP contribution in [0, 0.1) is 0 Å². The molecule has 1 aromatic heterocycles. The van der Waals surface area contributed by atoms with E-state index in [1.54, 1.807) is 0 Å². The van der Waals surface area contributed by atoms with E-state index in [9.17, 15) is 4.79 Å². The molecule has 32 heavy (non-hydrogen) atoms. The van der Waals surface area contributed by atoms with Crippen LogP contribution in [0.4, 0.5) is 0 Å². The Labute approximate surface area is 189 Å². The van der Waals surface area contributed by atoms with Crippen LogP contribution < -0.4 is 5.32 Å². The van der Waals surface area contributed by atoms with Gasteiger partial charge in [0.05, 0.1) is 22.5 Å². The number of carbonyl (C=O) groups excluding carboxylic acids is 1. The molecule has 4 aromatic rings. The van der Waals surface area contributed by atoms with Crippen LogP contribution >= 0.6 is 0 Å². The number of benzene rings is 3. The molecule has 0 radical (unpaired) electrons. The van der Waals surface area contributed by atoms with Gasteiger partial charge >= 0.3 is 0 Å². The maximum absolute atomic E-state index is 13.8. The van der Waals surface area contributed by atoms with Crippen molar-refractivity contribution in [3.8, 4) is 16.9 Å². The van der Waals surface area contributed by atoms with Gasteiger partial charge in [-0.25, -0.2) is 4.68 Å². The smallest absolute Gasteiger partial charge is 0.256 e. The molecule has 1 heterocycles. The molecule has 0 aliphatic rings. The summed E-state index contributed by atoms with van der Waals surface area (Å²) in [5.74, 6) is -0.101. The zero-order valence-corrected chi connectivity index (χ0v) is 18.9. The highest BCUT2D eigenvalue weighted by Gasteiger charge is 2.31. The topological polar surface area (TPSA) is 46.9 Å². The largest absolute Gasteiger partial charge is 0.343 e. The average Bonchev–Trinajstić information content (AvgIpc) is 3.25. The van der Waals surface area contributed by atoms with Crippen LogP contribution in [-0.2, 0) is 12.0 Å². The van der Waals surface area contributed by atoms with Gasteiger partial charge in [0.15, 0.2) is 0 Å². The van der Waals surface area contributed by atoms with Crippen LogP contribution in [0.3, 0.4) is 0 Å². The first kappa shape index (κ1) is 21.6. The Morgan fingerprint density at radius 2 is 1.44 bits per heavy atom. The number of amides is 1. The predicted molar refractivity (Wildman–Crippen MR) is 130 cm³/mol. The number of nitrogens with zero attached hydrogens (tertiary/aromatic N) is 2. The van der Waals surface area contributed by atoms with Crippen molar-refractivity contribution in [3.05, 3.63) is 108 Å². The molecule has 0 spiro atoms. The summed E-state index contributed by atoms with van der Waals surface area (Å²) in [6.45, 7) is 6.24. The van der Waals surface area contributed by atoms with Crippen molar-refractivity contribution in [1.29, 1.82) is 0 Å². The van der Waals surface area contributed by atoms with Gasteiger partial charge in [0.2, 0.25) is 0 Å². The first-order valence-electron chi connectivity index (χ1n) is 11.2.